The first-order chi connectivity index (χ1) is 22.1. The van der Waals surface area contributed by atoms with Gasteiger partial charge in [-0.2, -0.15) is 16.8 Å². The zero-order chi connectivity index (χ0) is 36.1. The molecule has 5 atom stereocenters. The van der Waals surface area contributed by atoms with Gasteiger partial charge in [0.25, 0.3) is 0 Å². The third kappa shape index (κ3) is 10.2. The van der Waals surface area contributed by atoms with E-state index in [4.69, 9.17) is 0 Å². The van der Waals surface area contributed by atoms with Crippen molar-refractivity contribution in [1.29, 1.82) is 0 Å². The first-order valence-electron chi connectivity index (χ1n) is 16.9. The van der Waals surface area contributed by atoms with Crippen LogP contribution in [0.5, 0.6) is 5.75 Å². The van der Waals surface area contributed by atoms with Gasteiger partial charge in [-0.05, 0) is 145 Å². The van der Waals surface area contributed by atoms with E-state index in [0.29, 0.717) is 25.7 Å². The second-order valence-corrected chi connectivity index (χ2v) is 17.6. The van der Waals surface area contributed by atoms with E-state index in [1.807, 2.05) is 0 Å². The van der Waals surface area contributed by atoms with Gasteiger partial charge >= 0.3 is 20.5 Å². The molecule has 1 aromatic rings. The molecule has 272 valence electrons. The first kappa shape index (κ1) is 40.4. The highest BCUT2D eigenvalue weighted by molar-refractivity contribution is 7.86. The fourth-order valence-electron chi connectivity index (χ4n) is 7.72. The van der Waals surface area contributed by atoms with Crippen molar-refractivity contribution >= 4 is 20.5 Å². The molecule has 10 nitrogen and oxygen atoms in total. The largest absolute Gasteiger partial charge is 0.446 e. The number of aliphatic hydroxyl groups is 2. The molecular weight excluding hydrogens is 657 g/mol. The van der Waals surface area contributed by atoms with E-state index in [2.05, 4.69) is 62.2 Å². The van der Waals surface area contributed by atoms with Crippen molar-refractivity contribution in [1.82, 2.24) is 0 Å². The Morgan fingerprint density at radius 2 is 1.77 bits per heavy atom. The number of aliphatic hydroxyl groups excluding tert-OH is 1. The summed E-state index contributed by atoms with van der Waals surface area (Å²) in [6, 6.07) is 3.40. The summed E-state index contributed by atoms with van der Waals surface area (Å²) in [7, 11) is -9.44. The summed E-state index contributed by atoms with van der Waals surface area (Å²) in [4.78, 5) is -0.323. The van der Waals surface area contributed by atoms with Crippen LogP contribution in [0.15, 0.2) is 57.5 Å². The number of hydrogen-bond donors (Lipinski definition) is 4. The molecule has 0 aliphatic heterocycles. The Bertz CT molecular complexity index is 1600. The van der Waals surface area contributed by atoms with Crippen LogP contribution in [0, 0.1) is 16.7 Å². The van der Waals surface area contributed by atoms with E-state index < -0.39 is 37.6 Å². The summed E-state index contributed by atoms with van der Waals surface area (Å²) in [6.07, 6.45) is 12.2. The second kappa shape index (κ2) is 15.9. The first-order valence-corrected chi connectivity index (χ1v) is 19.7. The minimum absolute atomic E-state index is 0.125. The van der Waals surface area contributed by atoms with Crippen molar-refractivity contribution in [2.24, 2.45) is 16.7 Å². The Morgan fingerprint density at radius 3 is 2.40 bits per heavy atom. The van der Waals surface area contributed by atoms with Gasteiger partial charge in [0.2, 0.25) is 0 Å². The predicted octanol–water partition coefficient (Wildman–Crippen LogP) is 7.88. The predicted molar refractivity (Wildman–Crippen MR) is 186 cm³/mol. The number of hydrogen-bond acceptors (Lipinski definition) is 9. The summed E-state index contributed by atoms with van der Waals surface area (Å²) in [5, 5.41) is 31.6. The molecule has 0 saturated heterocycles. The molecule has 3 rings (SSSR count). The fraction of sp³-hybridized carbons (Fsp3) is 0.667. The second-order valence-electron chi connectivity index (χ2n) is 15.0. The Balaban J connectivity index is 1.86. The Labute approximate surface area is 288 Å². The van der Waals surface area contributed by atoms with Crippen LogP contribution in [-0.2, 0) is 31.3 Å². The average Bonchev–Trinajstić information content (AvgIpc) is 2.97. The molecule has 3 unspecified atom stereocenters. The Morgan fingerprint density at radius 1 is 1.08 bits per heavy atom. The molecule has 4 N–H and O–H groups in total. The van der Waals surface area contributed by atoms with Crippen LogP contribution >= 0.6 is 0 Å². The molecule has 0 bridgehead atoms. The minimum atomic E-state index is -4.86. The van der Waals surface area contributed by atoms with Gasteiger partial charge in [-0.15, -0.1) is 4.33 Å². The Kier molecular flexibility index (Phi) is 13.3. The van der Waals surface area contributed by atoms with Gasteiger partial charge < -0.3 is 14.4 Å². The average molecular weight is 713 g/mol. The lowest BCUT2D eigenvalue weighted by molar-refractivity contribution is -0.130. The molecule has 0 spiro atoms. The molecule has 2 aliphatic carbocycles. The van der Waals surface area contributed by atoms with Crippen LogP contribution in [0.4, 0.5) is 0 Å². The maximum absolute atomic E-state index is 12.7. The number of allylic oxidation sites excluding steroid dienone is 6. The highest BCUT2D eigenvalue weighted by atomic mass is 32.3. The summed E-state index contributed by atoms with van der Waals surface area (Å²) in [6.45, 7) is 14.4. The van der Waals surface area contributed by atoms with Crippen molar-refractivity contribution in [2.45, 2.75) is 142 Å². The highest BCUT2D eigenvalue weighted by Gasteiger charge is 2.47. The Hall–Kier alpha value is -2.06. The van der Waals surface area contributed by atoms with Crippen LogP contribution in [0.2, 0.25) is 0 Å². The molecule has 0 fully saturated rings. The van der Waals surface area contributed by atoms with Gasteiger partial charge in [0.05, 0.1) is 16.6 Å². The van der Waals surface area contributed by atoms with E-state index in [9.17, 15) is 36.9 Å². The van der Waals surface area contributed by atoms with Gasteiger partial charge in [0.1, 0.15) is 5.75 Å². The van der Waals surface area contributed by atoms with E-state index in [1.54, 1.807) is 6.92 Å². The summed E-state index contributed by atoms with van der Waals surface area (Å²) >= 11 is 0. The molecule has 2 aliphatic rings. The van der Waals surface area contributed by atoms with Crippen molar-refractivity contribution in [3.05, 3.63) is 58.2 Å². The maximum atomic E-state index is 12.7. The zero-order valence-corrected chi connectivity index (χ0v) is 31.2. The number of rotatable bonds is 16. The zero-order valence-electron chi connectivity index (χ0n) is 29.6. The summed E-state index contributed by atoms with van der Waals surface area (Å²) in [5.74, 6) is -0.144. The van der Waals surface area contributed by atoms with Gasteiger partial charge in [0, 0.05) is 0 Å². The standard InChI is InChI=1S/C36H56O10S2/c1-25(2)11-8-12-26(3)13-9-21-36(7,38)33(37)19-22-34(5)20-10-14-31-30(34)17-15-27(4)35(31,6)24-28-23-29(45-48(42,43)44)16-18-32(28)47(40,41)46-39/h11,13,16,18,23,27,33,37-39H,8-10,12,14-15,17,19-22,24H2,1-7H3,(H,42,43,44)/b26-13+/t27-,33?,34-,35?,36?/m0/s1. The molecule has 0 heterocycles. The minimum Gasteiger partial charge on any atom is -0.390 e. The fourth-order valence-corrected chi connectivity index (χ4v) is 8.83. The van der Waals surface area contributed by atoms with Crippen molar-refractivity contribution in [2.75, 3.05) is 0 Å². The molecule has 0 saturated carbocycles. The smallest absolute Gasteiger partial charge is 0.390 e. The lowest BCUT2D eigenvalue weighted by Gasteiger charge is -2.51. The maximum Gasteiger partial charge on any atom is 0.446 e. The lowest BCUT2D eigenvalue weighted by atomic mass is 9.54. The molecule has 0 aromatic heterocycles. The topological polar surface area (TPSA) is 168 Å². The van der Waals surface area contributed by atoms with E-state index in [1.165, 1.54) is 28.4 Å². The molecule has 12 heteroatoms. The van der Waals surface area contributed by atoms with Crippen LogP contribution in [0.1, 0.15) is 125 Å². The number of benzene rings is 1. The van der Waals surface area contributed by atoms with Crippen molar-refractivity contribution in [3.8, 4) is 5.75 Å². The van der Waals surface area contributed by atoms with Gasteiger partial charge in [-0.3, -0.25) is 4.55 Å². The summed E-state index contributed by atoms with van der Waals surface area (Å²) < 4.78 is 65.9. The summed E-state index contributed by atoms with van der Waals surface area (Å²) in [5.41, 5.74) is 3.27. The van der Waals surface area contributed by atoms with E-state index in [0.717, 1.165) is 57.1 Å². The third-order valence-electron chi connectivity index (χ3n) is 10.9. The van der Waals surface area contributed by atoms with Crippen LogP contribution in [0.3, 0.4) is 0 Å². The van der Waals surface area contributed by atoms with Gasteiger partial charge in [0.15, 0.2) is 0 Å². The molecule has 1 aromatic carbocycles. The van der Waals surface area contributed by atoms with E-state index in [-0.39, 0.29) is 34.0 Å². The molecule has 0 amide bonds. The highest BCUT2D eigenvalue weighted by Crippen LogP contribution is 2.58. The normalized spacial score (nSPS) is 25.6. The SMILES string of the molecule is CC(C)=CCC/C(C)=C/CCC(C)(O)C(O)CC[C@]1(C)CCCC2=C1CC[C@H](C)C2(C)Cc1cc(OS(=O)(=O)O)ccc1S(=O)(=O)OO. The van der Waals surface area contributed by atoms with Crippen LogP contribution in [-0.4, -0.2) is 48.6 Å². The van der Waals surface area contributed by atoms with Crippen LogP contribution in [0.25, 0.3) is 0 Å². The molecule has 48 heavy (non-hydrogen) atoms. The quantitative estimate of drug-likeness (QED) is 0.0573. The van der Waals surface area contributed by atoms with Gasteiger partial charge in [-0.25, -0.2) is 5.26 Å². The van der Waals surface area contributed by atoms with Crippen molar-refractivity contribution in [3.63, 3.8) is 0 Å². The van der Waals surface area contributed by atoms with E-state index >= 15 is 0 Å². The molecular formula is C36H56O10S2. The van der Waals surface area contributed by atoms with Crippen LogP contribution < -0.4 is 4.18 Å². The lowest BCUT2D eigenvalue weighted by Crippen LogP contribution is -2.42. The molecule has 0 radical (unpaired) electrons. The monoisotopic (exact) mass is 712 g/mol. The third-order valence-corrected chi connectivity index (χ3v) is 12.5. The van der Waals surface area contributed by atoms with Crippen molar-refractivity contribution < 1.29 is 45.4 Å². The van der Waals surface area contributed by atoms with Gasteiger partial charge in [-0.1, -0.05) is 55.2 Å².